The van der Waals surface area contributed by atoms with E-state index >= 15 is 0 Å². The van der Waals surface area contributed by atoms with Crippen molar-refractivity contribution in [1.82, 2.24) is 0 Å². The fourth-order valence-electron chi connectivity index (χ4n) is 2.55. The summed E-state index contributed by atoms with van der Waals surface area (Å²) in [5.74, 6) is -1.72. The number of carbonyl (C=O) groups excluding carboxylic acids is 1. The molecule has 0 radical (unpaired) electrons. The third-order valence-corrected chi connectivity index (χ3v) is 6.97. The molecule has 0 saturated carbocycles. The van der Waals surface area contributed by atoms with Gasteiger partial charge in [0.2, 0.25) is 10.0 Å². The lowest BCUT2D eigenvalue weighted by Gasteiger charge is -2.11. The first kappa shape index (κ1) is 24.0. The molecule has 32 heavy (non-hydrogen) atoms. The van der Waals surface area contributed by atoms with Gasteiger partial charge in [0.1, 0.15) is 5.82 Å². The second-order valence-corrected chi connectivity index (χ2v) is 10.5. The second-order valence-electron chi connectivity index (χ2n) is 6.39. The van der Waals surface area contributed by atoms with Gasteiger partial charge in [0.05, 0.1) is 26.1 Å². The molecule has 168 valence electrons. The van der Waals surface area contributed by atoms with Crippen LogP contribution in [0.1, 0.15) is 10.4 Å². The third kappa shape index (κ3) is 5.56. The molecule has 0 unspecified atom stereocenters. The fraction of sp³-hybridized carbons (Fsp3) is 0. The first-order valence-electron chi connectivity index (χ1n) is 8.58. The Labute approximate surface area is 193 Å². The van der Waals surface area contributed by atoms with Crippen LogP contribution < -0.4 is 15.2 Å². The van der Waals surface area contributed by atoms with Gasteiger partial charge in [-0.25, -0.2) is 26.4 Å². The molecule has 0 aliphatic heterocycles. The zero-order chi connectivity index (χ0) is 23.7. The number of sulfonamides is 2. The summed E-state index contributed by atoms with van der Waals surface area (Å²) in [7, 11) is -8.15. The van der Waals surface area contributed by atoms with Crippen LogP contribution in [0.3, 0.4) is 0 Å². The lowest BCUT2D eigenvalue weighted by atomic mass is 10.2. The number of carbonyl (C=O) groups is 1. The molecule has 4 N–H and O–H groups in total. The van der Waals surface area contributed by atoms with Crippen molar-refractivity contribution in [1.29, 1.82) is 0 Å². The van der Waals surface area contributed by atoms with Gasteiger partial charge in [-0.1, -0.05) is 23.2 Å². The number of hydrogen-bond donors (Lipinski definition) is 3. The maximum absolute atomic E-state index is 14.5. The molecule has 0 atom stereocenters. The molecule has 8 nitrogen and oxygen atoms in total. The average Bonchev–Trinajstić information content (AvgIpc) is 2.68. The van der Waals surface area contributed by atoms with Crippen molar-refractivity contribution < 1.29 is 26.0 Å². The zero-order valence-corrected chi connectivity index (χ0v) is 19.0. The summed E-state index contributed by atoms with van der Waals surface area (Å²) in [6.07, 6.45) is 0. The van der Waals surface area contributed by atoms with Gasteiger partial charge in [0.25, 0.3) is 15.9 Å². The third-order valence-electron chi connectivity index (χ3n) is 4.11. The van der Waals surface area contributed by atoms with Crippen LogP contribution in [0.25, 0.3) is 0 Å². The molecular formula is C19H14Cl2FN3O5S2. The van der Waals surface area contributed by atoms with E-state index in [2.05, 4.69) is 10.0 Å². The van der Waals surface area contributed by atoms with Crippen LogP contribution in [0.4, 0.5) is 15.8 Å². The molecule has 3 aromatic rings. The summed E-state index contributed by atoms with van der Waals surface area (Å²) >= 11 is 11.7. The van der Waals surface area contributed by atoms with Gasteiger partial charge in [0, 0.05) is 10.7 Å². The number of rotatable bonds is 6. The highest BCUT2D eigenvalue weighted by Gasteiger charge is 2.19. The molecule has 0 spiro atoms. The van der Waals surface area contributed by atoms with Crippen LogP contribution in [0.5, 0.6) is 0 Å². The summed E-state index contributed by atoms with van der Waals surface area (Å²) < 4.78 is 64.3. The molecule has 0 aromatic heterocycles. The first-order valence-corrected chi connectivity index (χ1v) is 12.4. The molecule has 1 amide bonds. The van der Waals surface area contributed by atoms with E-state index in [1.165, 1.54) is 30.3 Å². The van der Waals surface area contributed by atoms with E-state index < -0.39 is 36.7 Å². The quantitative estimate of drug-likeness (QED) is 0.456. The number of hydrogen-bond acceptors (Lipinski definition) is 5. The van der Waals surface area contributed by atoms with E-state index in [-0.39, 0.29) is 26.9 Å². The summed E-state index contributed by atoms with van der Waals surface area (Å²) in [4.78, 5) is 11.7. The highest BCUT2D eigenvalue weighted by atomic mass is 35.5. The van der Waals surface area contributed by atoms with E-state index in [4.69, 9.17) is 28.3 Å². The van der Waals surface area contributed by atoms with E-state index in [0.29, 0.717) is 5.02 Å². The Hall–Kier alpha value is -2.70. The van der Waals surface area contributed by atoms with Crippen molar-refractivity contribution in [3.05, 3.63) is 82.1 Å². The van der Waals surface area contributed by atoms with Crippen molar-refractivity contribution in [3.8, 4) is 0 Å². The number of benzene rings is 3. The molecule has 0 fully saturated rings. The Kier molecular flexibility index (Phi) is 6.77. The standard InChI is InChI=1S/C19H14Cl2FN3O5S2/c20-11-1-7-15(16(21)9-11)19(26)24-18-8-6-14(10-17(18)22)32(29,30)25-12-2-4-13(5-3-12)31(23,27)28/h1-10,25H,(H,24,26)(H2,23,27,28). The van der Waals surface area contributed by atoms with Gasteiger partial charge in [-0.3, -0.25) is 9.52 Å². The van der Waals surface area contributed by atoms with Crippen LogP contribution in [0.15, 0.2) is 70.5 Å². The lowest BCUT2D eigenvalue weighted by molar-refractivity contribution is 0.102. The van der Waals surface area contributed by atoms with Gasteiger partial charge < -0.3 is 5.32 Å². The molecule has 0 aliphatic carbocycles. The van der Waals surface area contributed by atoms with Crippen molar-refractivity contribution in [2.75, 3.05) is 10.0 Å². The van der Waals surface area contributed by atoms with Gasteiger partial charge in [0.15, 0.2) is 0 Å². The maximum atomic E-state index is 14.5. The highest BCUT2D eigenvalue weighted by molar-refractivity contribution is 7.92. The fourth-order valence-corrected chi connectivity index (χ4v) is 4.63. The Balaban J connectivity index is 1.79. The Morgan fingerprint density at radius 1 is 0.875 bits per heavy atom. The van der Waals surface area contributed by atoms with Gasteiger partial charge in [-0.15, -0.1) is 0 Å². The minimum atomic E-state index is -4.21. The molecule has 13 heteroatoms. The average molecular weight is 518 g/mol. The van der Waals surface area contributed by atoms with Crippen molar-refractivity contribution in [2.45, 2.75) is 9.79 Å². The smallest absolute Gasteiger partial charge is 0.261 e. The normalized spacial score (nSPS) is 11.8. The minimum absolute atomic E-state index is 0.0348. The number of anilines is 2. The predicted octanol–water partition coefficient (Wildman–Crippen LogP) is 3.83. The Morgan fingerprint density at radius 2 is 1.50 bits per heavy atom. The molecule has 3 aromatic carbocycles. The summed E-state index contributed by atoms with van der Waals surface area (Å²) in [5, 5.41) is 7.68. The summed E-state index contributed by atoms with van der Waals surface area (Å²) in [6.45, 7) is 0. The summed E-state index contributed by atoms with van der Waals surface area (Å²) in [6, 6.07) is 11.7. The van der Waals surface area contributed by atoms with Gasteiger partial charge in [-0.05, 0) is 60.7 Å². The van der Waals surface area contributed by atoms with Crippen molar-refractivity contribution >= 4 is 60.5 Å². The topological polar surface area (TPSA) is 135 Å². The van der Waals surface area contributed by atoms with Gasteiger partial charge in [-0.2, -0.15) is 0 Å². The molecule has 0 aliphatic rings. The molecular weight excluding hydrogens is 504 g/mol. The second kappa shape index (κ2) is 9.04. The number of halogens is 3. The van der Waals surface area contributed by atoms with E-state index in [1.54, 1.807) is 0 Å². The van der Waals surface area contributed by atoms with Crippen molar-refractivity contribution in [3.63, 3.8) is 0 Å². The number of nitrogens with one attached hydrogen (secondary N) is 2. The highest BCUT2D eigenvalue weighted by Crippen LogP contribution is 2.25. The monoisotopic (exact) mass is 517 g/mol. The van der Waals surface area contributed by atoms with Crippen LogP contribution >= 0.6 is 23.2 Å². The molecule has 0 saturated heterocycles. The molecule has 3 rings (SSSR count). The van der Waals surface area contributed by atoms with Gasteiger partial charge >= 0.3 is 0 Å². The first-order chi connectivity index (χ1) is 14.9. The number of amides is 1. The predicted molar refractivity (Wildman–Crippen MR) is 119 cm³/mol. The molecule has 0 heterocycles. The zero-order valence-electron chi connectivity index (χ0n) is 15.8. The van der Waals surface area contributed by atoms with Crippen LogP contribution in [0, 0.1) is 5.82 Å². The summed E-state index contributed by atoms with van der Waals surface area (Å²) in [5.41, 5.74) is -0.179. The minimum Gasteiger partial charge on any atom is -0.319 e. The van der Waals surface area contributed by atoms with Crippen LogP contribution in [-0.4, -0.2) is 22.7 Å². The Morgan fingerprint density at radius 3 is 2.06 bits per heavy atom. The SMILES string of the molecule is NS(=O)(=O)c1ccc(NS(=O)(=O)c2ccc(NC(=O)c3ccc(Cl)cc3Cl)c(F)c2)cc1. The number of primary sulfonamides is 1. The lowest BCUT2D eigenvalue weighted by Crippen LogP contribution is -2.16. The number of nitrogens with two attached hydrogens (primary N) is 1. The Bertz CT molecular complexity index is 1410. The molecule has 0 bridgehead atoms. The van der Waals surface area contributed by atoms with Crippen LogP contribution in [0.2, 0.25) is 10.0 Å². The maximum Gasteiger partial charge on any atom is 0.261 e. The largest absolute Gasteiger partial charge is 0.319 e. The van der Waals surface area contributed by atoms with E-state index in [0.717, 1.165) is 30.3 Å². The van der Waals surface area contributed by atoms with Crippen molar-refractivity contribution in [2.24, 2.45) is 5.14 Å². The van der Waals surface area contributed by atoms with E-state index in [1.807, 2.05) is 0 Å². The van der Waals surface area contributed by atoms with E-state index in [9.17, 15) is 26.0 Å². The van der Waals surface area contributed by atoms with Crippen LogP contribution in [-0.2, 0) is 20.0 Å².